The summed E-state index contributed by atoms with van der Waals surface area (Å²) in [6, 6.07) is 0.755. The van der Waals surface area contributed by atoms with E-state index in [0.29, 0.717) is 25.2 Å². The van der Waals surface area contributed by atoms with E-state index in [1.807, 2.05) is 13.8 Å². The van der Waals surface area contributed by atoms with E-state index in [1.165, 1.54) is 12.8 Å². The largest absolute Gasteiger partial charge is 0.355 e. The minimum atomic E-state index is -0.0659. The monoisotopic (exact) mass is 227 g/mol. The first-order chi connectivity index (χ1) is 7.61. The van der Waals surface area contributed by atoms with Gasteiger partial charge >= 0.3 is 0 Å². The van der Waals surface area contributed by atoms with Crippen LogP contribution >= 0.6 is 0 Å². The number of nitrogens with zero attached hydrogens (tertiary/aromatic N) is 1. The lowest BCUT2D eigenvalue weighted by molar-refractivity contribution is -0.128. The Labute approximate surface area is 98.6 Å². The Balaban J connectivity index is 2.68. The number of likely N-dealkylation sites (N-methyl/N-ethyl adjacent to an activating group) is 1. The van der Waals surface area contributed by atoms with Crippen LogP contribution in [0.5, 0.6) is 0 Å². The molecule has 3 unspecified atom stereocenters. The van der Waals surface area contributed by atoms with Gasteiger partial charge in [-0.3, -0.25) is 9.69 Å². The van der Waals surface area contributed by atoms with Gasteiger partial charge in [-0.05, 0) is 33.6 Å². The number of carbonyl (C=O) groups excluding carboxylic acids is 1. The molecule has 0 aromatic rings. The maximum atomic E-state index is 11.9. The second-order valence-corrected chi connectivity index (χ2v) is 4.69. The van der Waals surface area contributed by atoms with Crippen LogP contribution in [0.3, 0.4) is 0 Å². The summed E-state index contributed by atoms with van der Waals surface area (Å²) >= 11 is 0. The van der Waals surface area contributed by atoms with Crippen LogP contribution in [0.2, 0.25) is 0 Å². The summed E-state index contributed by atoms with van der Waals surface area (Å²) in [7, 11) is 0. The van der Waals surface area contributed by atoms with Gasteiger partial charge in [-0.2, -0.15) is 0 Å². The highest BCUT2D eigenvalue weighted by atomic mass is 16.2. The number of rotatable bonds is 4. The number of hydrogen-bond donors (Lipinski definition) is 2. The number of nitrogens with one attached hydrogen (secondary N) is 1. The summed E-state index contributed by atoms with van der Waals surface area (Å²) in [5.74, 6) is 0.120. The predicted octanol–water partition coefficient (Wildman–Crippen LogP) is 0.713. The fraction of sp³-hybridized carbons (Fsp3) is 0.917. The van der Waals surface area contributed by atoms with Crippen LogP contribution in [0.25, 0.3) is 0 Å². The van der Waals surface area contributed by atoms with E-state index >= 15 is 0 Å². The van der Waals surface area contributed by atoms with Gasteiger partial charge in [-0.15, -0.1) is 0 Å². The molecule has 0 aromatic heterocycles. The van der Waals surface area contributed by atoms with Crippen molar-refractivity contribution in [3.8, 4) is 0 Å². The summed E-state index contributed by atoms with van der Waals surface area (Å²) in [6.07, 6.45) is 3.51. The second kappa shape index (κ2) is 6.21. The van der Waals surface area contributed by atoms with Crippen molar-refractivity contribution in [3.05, 3.63) is 0 Å². The Kier molecular flexibility index (Phi) is 5.22. The van der Waals surface area contributed by atoms with Crippen LogP contribution in [0.4, 0.5) is 0 Å². The molecule has 1 fully saturated rings. The Hall–Kier alpha value is -0.610. The average molecular weight is 227 g/mol. The molecular weight excluding hydrogens is 202 g/mol. The van der Waals surface area contributed by atoms with Crippen molar-refractivity contribution in [1.82, 2.24) is 10.2 Å². The zero-order valence-corrected chi connectivity index (χ0v) is 10.7. The highest BCUT2D eigenvalue weighted by Gasteiger charge is 2.33. The summed E-state index contributed by atoms with van der Waals surface area (Å²) < 4.78 is 0. The first-order valence-electron chi connectivity index (χ1n) is 6.37. The maximum absolute atomic E-state index is 11.9. The lowest BCUT2D eigenvalue weighted by Crippen LogP contribution is -2.57. The predicted molar refractivity (Wildman–Crippen MR) is 66.1 cm³/mol. The molecule has 0 aromatic carbocycles. The summed E-state index contributed by atoms with van der Waals surface area (Å²) in [5, 5.41) is 2.89. The van der Waals surface area contributed by atoms with Gasteiger partial charge in [0.1, 0.15) is 0 Å². The van der Waals surface area contributed by atoms with Gasteiger partial charge in [0.15, 0.2) is 0 Å². The van der Waals surface area contributed by atoms with Crippen molar-refractivity contribution >= 4 is 5.91 Å². The Morgan fingerprint density at radius 2 is 2.25 bits per heavy atom. The Morgan fingerprint density at radius 1 is 1.56 bits per heavy atom. The number of likely N-dealkylation sites (tertiary alicyclic amines) is 1. The van der Waals surface area contributed by atoms with E-state index < -0.39 is 0 Å². The third-order valence-electron chi connectivity index (χ3n) is 3.54. The molecule has 94 valence electrons. The fourth-order valence-electron chi connectivity index (χ4n) is 2.70. The van der Waals surface area contributed by atoms with Crippen LogP contribution in [0.15, 0.2) is 0 Å². The molecule has 3 N–H and O–H groups in total. The van der Waals surface area contributed by atoms with Gasteiger partial charge in [0.25, 0.3) is 0 Å². The smallest absolute Gasteiger partial charge is 0.237 e. The topological polar surface area (TPSA) is 58.4 Å². The van der Waals surface area contributed by atoms with Gasteiger partial charge in [-0.25, -0.2) is 0 Å². The van der Waals surface area contributed by atoms with Crippen molar-refractivity contribution in [2.24, 2.45) is 5.73 Å². The molecule has 0 bridgehead atoms. The summed E-state index contributed by atoms with van der Waals surface area (Å²) in [6.45, 7) is 7.46. The van der Waals surface area contributed by atoms with E-state index in [0.717, 1.165) is 6.42 Å². The van der Waals surface area contributed by atoms with E-state index in [2.05, 4.69) is 17.1 Å². The molecule has 1 aliphatic heterocycles. The summed E-state index contributed by atoms with van der Waals surface area (Å²) in [4.78, 5) is 14.1. The highest BCUT2D eigenvalue weighted by Crippen LogP contribution is 2.24. The van der Waals surface area contributed by atoms with Crippen LogP contribution in [-0.4, -0.2) is 42.0 Å². The number of piperidine rings is 1. The Bertz CT molecular complexity index is 232. The number of carbonyl (C=O) groups is 1. The molecule has 1 amide bonds. The Morgan fingerprint density at radius 3 is 2.81 bits per heavy atom. The molecule has 1 saturated heterocycles. The highest BCUT2D eigenvalue weighted by molar-refractivity contribution is 5.81. The van der Waals surface area contributed by atoms with Gasteiger partial charge in [-0.1, -0.05) is 6.42 Å². The first kappa shape index (κ1) is 13.5. The third-order valence-corrected chi connectivity index (χ3v) is 3.54. The number of amides is 1. The van der Waals surface area contributed by atoms with Gasteiger partial charge in [0.05, 0.1) is 6.04 Å². The summed E-state index contributed by atoms with van der Waals surface area (Å²) in [5.41, 5.74) is 5.79. The molecule has 0 spiro atoms. The normalized spacial score (nSPS) is 28.8. The number of hydrogen-bond acceptors (Lipinski definition) is 3. The van der Waals surface area contributed by atoms with Crippen LogP contribution < -0.4 is 11.1 Å². The molecule has 1 rings (SSSR count). The minimum Gasteiger partial charge on any atom is -0.355 e. The molecule has 0 saturated carbocycles. The minimum absolute atomic E-state index is 0.0659. The van der Waals surface area contributed by atoms with E-state index in [1.54, 1.807) is 0 Å². The van der Waals surface area contributed by atoms with Crippen molar-refractivity contribution in [3.63, 3.8) is 0 Å². The lowest BCUT2D eigenvalue weighted by Gasteiger charge is -2.43. The van der Waals surface area contributed by atoms with Gasteiger partial charge < -0.3 is 11.1 Å². The molecule has 1 heterocycles. The van der Waals surface area contributed by atoms with Crippen molar-refractivity contribution in [2.75, 3.05) is 13.1 Å². The molecule has 0 aliphatic carbocycles. The third kappa shape index (κ3) is 2.95. The number of nitrogens with two attached hydrogens (primary N) is 1. The van der Waals surface area contributed by atoms with E-state index in [4.69, 9.17) is 5.73 Å². The van der Waals surface area contributed by atoms with Crippen LogP contribution in [-0.2, 0) is 4.79 Å². The van der Waals surface area contributed by atoms with Crippen LogP contribution in [0, 0.1) is 0 Å². The molecule has 16 heavy (non-hydrogen) atoms. The maximum Gasteiger partial charge on any atom is 0.237 e. The van der Waals surface area contributed by atoms with Crippen LogP contribution in [0.1, 0.15) is 40.0 Å². The average Bonchev–Trinajstić information content (AvgIpc) is 2.28. The van der Waals surface area contributed by atoms with Gasteiger partial charge in [0.2, 0.25) is 5.91 Å². The molecule has 1 aliphatic rings. The standard InChI is InChI=1S/C12H25N3O/c1-4-14-12(16)10(3)15-9(2)6-5-7-11(15)8-13/h9-11H,4-8,13H2,1-3H3,(H,14,16). The van der Waals surface area contributed by atoms with Crippen molar-refractivity contribution in [1.29, 1.82) is 0 Å². The van der Waals surface area contributed by atoms with Gasteiger partial charge in [0, 0.05) is 25.2 Å². The fourth-order valence-corrected chi connectivity index (χ4v) is 2.70. The second-order valence-electron chi connectivity index (χ2n) is 4.69. The lowest BCUT2D eigenvalue weighted by atomic mass is 9.94. The van der Waals surface area contributed by atoms with E-state index in [9.17, 15) is 4.79 Å². The SMILES string of the molecule is CCNC(=O)C(C)N1C(C)CCCC1CN. The van der Waals surface area contributed by atoms with E-state index in [-0.39, 0.29) is 11.9 Å². The molecular formula is C12H25N3O. The molecule has 3 atom stereocenters. The van der Waals surface area contributed by atoms with Crippen molar-refractivity contribution in [2.45, 2.75) is 58.2 Å². The molecule has 4 heteroatoms. The molecule has 0 radical (unpaired) electrons. The quantitative estimate of drug-likeness (QED) is 0.744. The zero-order valence-electron chi connectivity index (χ0n) is 10.7. The first-order valence-corrected chi connectivity index (χ1v) is 6.37. The zero-order chi connectivity index (χ0) is 12.1. The molecule has 4 nitrogen and oxygen atoms in total. The van der Waals surface area contributed by atoms with Crippen molar-refractivity contribution < 1.29 is 4.79 Å².